The first-order valence-electron chi connectivity index (χ1n) is 6.23. The maximum Gasteiger partial charge on any atom is 0.426 e. The van der Waals surface area contributed by atoms with E-state index in [1.807, 2.05) is 31.2 Å². The molecule has 0 radical (unpaired) electrons. The zero-order valence-electron chi connectivity index (χ0n) is 12.1. The fourth-order valence-electron chi connectivity index (χ4n) is 1.24. The minimum Gasteiger partial charge on any atom is -0.443 e. The third-order valence-electron chi connectivity index (χ3n) is 2.09. The first-order chi connectivity index (χ1) is 9.26. The standard InChI is InChI=1S/C14H20N2O3S/c1-10-5-7-11(8-6-10)20-9-12(17)15-16-13(18)19-14(2,3)4/h5-8H,9H2,1-4H3,(H,15,17)(H,16,18). The van der Waals surface area contributed by atoms with Gasteiger partial charge in [-0.15, -0.1) is 11.8 Å². The quantitative estimate of drug-likeness (QED) is 0.664. The second kappa shape index (κ2) is 7.19. The van der Waals surface area contributed by atoms with Crippen LogP contribution in [0.15, 0.2) is 29.2 Å². The summed E-state index contributed by atoms with van der Waals surface area (Å²) in [5.41, 5.74) is 5.09. The number of hydrogen-bond donors (Lipinski definition) is 2. The fraction of sp³-hybridized carbons (Fsp3) is 0.429. The summed E-state index contributed by atoms with van der Waals surface area (Å²) in [4.78, 5) is 23.9. The van der Waals surface area contributed by atoms with E-state index in [-0.39, 0.29) is 11.7 Å². The van der Waals surface area contributed by atoms with Crippen LogP contribution in [0, 0.1) is 6.92 Å². The third-order valence-corrected chi connectivity index (χ3v) is 3.11. The van der Waals surface area contributed by atoms with Gasteiger partial charge in [-0.3, -0.25) is 10.2 Å². The highest BCUT2D eigenvalue weighted by Crippen LogP contribution is 2.17. The molecule has 0 aliphatic carbocycles. The molecule has 1 rings (SSSR count). The van der Waals surface area contributed by atoms with Crippen molar-refractivity contribution in [2.24, 2.45) is 0 Å². The van der Waals surface area contributed by atoms with Crippen molar-refractivity contribution in [3.8, 4) is 0 Å². The van der Waals surface area contributed by atoms with Gasteiger partial charge in [-0.2, -0.15) is 0 Å². The van der Waals surface area contributed by atoms with Gasteiger partial charge in [0, 0.05) is 4.90 Å². The highest BCUT2D eigenvalue weighted by molar-refractivity contribution is 8.00. The van der Waals surface area contributed by atoms with Crippen LogP contribution in [0.3, 0.4) is 0 Å². The summed E-state index contributed by atoms with van der Waals surface area (Å²) in [6.07, 6.45) is -0.675. The van der Waals surface area contributed by atoms with Crippen molar-refractivity contribution in [2.75, 3.05) is 5.75 Å². The molecule has 0 bridgehead atoms. The second-order valence-corrected chi connectivity index (χ2v) is 6.33. The van der Waals surface area contributed by atoms with E-state index in [1.165, 1.54) is 17.3 Å². The molecule has 0 atom stereocenters. The van der Waals surface area contributed by atoms with Crippen molar-refractivity contribution in [3.63, 3.8) is 0 Å². The minimum atomic E-state index is -0.675. The zero-order chi connectivity index (χ0) is 15.2. The van der Waals surface area contributed by atoms with Gasteiger partial charge in [0.05, 0.1) is 5.75 Å². The van der Waals surface area contributed by atoms with Crippen LogP contribution in [-0.2, 0) is 9.53 Å². The fourth-order valence-corrected chi connectivity index (χ4v) is 1.94. The van der Waals surface area contributed by atoms with Gasteiger partial charge in [-0.05, 0) is 39.8 Å². The average molecular weight is 296 g/mol. The summed E-state index contributed by atoms with van der Waals surface area (Å²) < 4.78 is 4.99. The van der Waals surface area contributed by atoms with Crippen LogP contribution in [-0.4, -0.2) is 23.4 Å². The van der Waals surface area contributed by atoms with Gasteiger partial charge in [0.15, 0.2) is 0 Å². The molecule has 2 N–H and O–H groups in total. The van der Waals surface area contributed by atoms with Crippen LogP contribution in [0.25, 0.3) is 0 Å². The summed E-state index contributed by atoms with van der Waals surface area (Å²) in [6, 6.07) is 7.88. The van der Waals surface area contributed by atoms with Crippen molar-refractivity contribution in [2.45, 2.75) is 38.2 Å². The van der Waals surface area contributed by atoms with Crippen LogP contribution in [0.1, 0.15) is 26.3 Å². The Bertz CT molecular complexity index is 466. The lowest BCUT2D eigenvalue weighted by atomic mass is 10.2. The number of ether oxygens (including phenoxy) is 1. The Morgan fingerprint density at radius 1 is 1.15 bits per heavy atom. The molecule has 0 aromatic heterocycles. The Morgan fingerprint density at radius 2 is 1.75 bits per heavy atom. The maximum absolute atomic E-state index is 11.6. The summed E-state index contributed by atoms with van der Waals surface area (Å²) >= 11 is 1.40. The molecule has 1 aromatic rings. The van der Waals surface area contributed by atoms with E-state index in [0.717, 1.165) is 4.90 Å². The number of thioether (sulfide) groups is 1. The molecule has 0 unspecified atom stereocenters. The molecule has 6 heteroatoms. The largest absolute Gasteiger partial charge is 0.443 e. The smallest absolute Gasteiger partial charge is 0.426 e. The van der Waals surface area contributed by atoms with E-state index >= 15 is 0 Å². The molecule has 0 heterocycles. The Kier molecular flexibility index (Phi) is 5.88. The second-order valence-electron chi connectivity index (χ2n) is 5.28. The average Bonchev–Trinajstić information content (AvgIpc) is 2.33. The summed E-state index contributed by atoms with van der Waals surface area (Å²) in [5, 5.41) is 0. The highest BCUT2D eigenvalue weighted by atomic mass is 32.2. The van der Waals surface area contributed by atoms with Crippen molar-refractivity contribution in [3.05, 3.63) is 29.8 Å². The Hall–Kier alpha value is -1.69. The summed E-state index contributed by atoms with van der Waals surface area (Å²) in [6.45, 7) is 7.26. The predicted molar refractivity (Wildman–Crippen MR) is 79.4 cm³/mol. The lowest BCUT2D eigenvalue weighted by Crippen LogP contribution is -2.44. The number of hydrogen-bond acceptors (Lipinski definition) is 4. The van der Waals surface area contributed by atoms with Gasteiger partial charge in [0.2, 0.25) is 5.91 Å². The molecule has 0 saturated carbocycles. The normalized spacial score (nSPS) is 10.8. The van der Waals surface area contributed by atoms with E-state index in [9.17, 15) is 9.59 Å². The van der Waals surface area contributed by atoms with Crippen molar-refractivity contribution >= 4 is 23.8 Å². The lowest BCUT2D eigenvalue weighted by molar-refractivity contribution is -0.119. The van der Waals surface area contributed by atoms with Gasteiger partial charge in [-0.1, -0.05) is 17.7 Å². The highest BCUT2D eigenvalue weighted by Gasteiger charge is 2.16. The first kappa shape index (κ1) is 16.4. The molecule has 5 nitrogen and oxygen atoms in total. The topological polar surface area (TPSA) is 67.4 Å². The molecule has 0 aliphatic rings. The number of carbonyl (C=O) groups excluding carboxylic acids is 2. The van der Waals surface area contributed by atoms with E-state index in [1.54, 1.807) is 20.8 Å². The molecule has 110 valence electrons. The van der Waals surface area contributed by atoms with E-state index in [4.69, 9.17) is 4.74 Å². The molecular weight excluding hydrogens is 276 g/mol. The number of carbonyl (C=O) groups is 2. The summed E-state index contributed by atoms with van der Waals surface area (Å²) in [7, 11) is 0. The van der Waals surface area contributed by atoms with Gasteiger partial charge < -0.3 is 4.74 Å². The molecule has 2 amide bonds. The molecule has 1 aromatic carbocycles. The van der Waals surface area contributed by atoms with Crippen LogP contribution < -0.4 is 10.9 Å². The number of nitrogens with one attached hydrogen (secondary N) is 2. The van der Waals surface area contributed by atoms with E-state index < -0.39 is 11.7 Å². The third kappa shape index (κ3) is 7.04. The van der Waals surface area contributed by atoms with E-state index in [2.05, 4.69) is 10.9 Å². The number of aryl methyl sites for hydroxylation is 1. The maximum atomic E-state index is 11.6. The molecular formula is C14H20N2O3S. The van der Waals surface area contributed by atoms with Crippen LogP contribution in [0.2, 0.25) is 0 Å². The van der Waals surface area contributed by atoms with Crippen LogP contribution in [0.4, 0.5) is 4.79 Å². The number of hydrazine groups is 1. The van der Waals surface area contributed by atoms with Gasteiger partial charge in [0.25, 0.3) is 0 Å². The summed E-state index contributed by atoms with van der Waals surface area (Å²) in [5.74, 6) is -0.0692. The molecule has 0 spiro atoms. The number of benzene rings is 1. The van der Waals surface area contributed by atoms with Gasteiger partial charge in [-0.25, -0.2) is 10.2 Å². The van der Waals surface area contributed by atoms with Crippen molar-refractivity contribution in [1.29, 1.82) is 0 Å². The monoisotopic (exact) mass is 296 g/mol. The zero-order valence-corrected chi connectivity index (χ0v) is 13.0. The molecule has 0 saturated heterocycles. The predicted octanol–water partition coefficient (Wildman–Crippen LogP) is 2.64. The SMILES string of the molecule is Cc1ccc(SCC(=O)NNC(=O)OC(C)(C)C)cc1. The van der Waals surface area contributed by atoms with Gasteiger partial charge >= 0.3 is 6.09 Å². The van der Waals surface area contributed by atoms with Crippen LogP contribution >= 0.6 is 11.8 Å². The van der Waals surface area contributed by atoms with Crippen LogP contribution in [0.5, 0.6) is 0 Å². The Balaban J connectivity index is 2.27. The minimum absolute atomic E-state index is 0.221. The number of rotatable bonds is 3. The molecule has 0 fully saturated rings. The Morgan fingerprint density at radius 3 is 2.30 bits per heavy atom. The van der Waals surface area contributed by atoms with Crippen molar-refractivity contribution < 1.29 is 14.3 Å². The molecule has 0 aliphatic heterocycles. The lowest BCUT2D eigenvalue weighted by Gasteiger charge is -2.19. The van der Waals surface area contributed by atoms with E-state index in [0.29, 0.717) is 0 Å². The molecule has 20 heavy (non-hydrogen) atoms. The van der Waals surface area contributed by atoms with Gasteiger partial charge in [0.1, 0.15) is 5.60 Å². The Labute approximate surface area is 123 Å². The van der Waals surface area contributed by atoms with Crippen molar-refractivity contribution in [1.82, 2.24) is 10.9 Å². The first-order valence-corrected chi connectivity index (χ1v) is 7.22. The number of amides is 2.